The Bertz CT molecular complexity index is 1110. The van der Waals surface area contributed by atoms with E-state index in [1.165, 1.54) is 0 Å². The van der Waals surface area contributed by atoms with Crippen LogP contribution >= 0.6 is 0 Å². The molecule has 2 fully saturated rings. The molecule has 10 atom stereocenters. The average molecular weight is 719 g/mol. The van der Waals surface area contributed by atoms with Gasteiger partial charge in [0.1, 0.15) is 24.9 Å². The molecule has 2 saturated heterocycles. The van der Waals surface area contributed by atoms with Gasteiger partial charge in [-0.3, -0.25) is 24.0 Å². The molecule has 0 bridgehead atoms. The monoisotopic (exact) mass is 718 g/mol. The number of rotatable bonds is 18. The predicted octanol–water partition coefficient (Wildman–Crippen LogP) is 3.39. The van der Waals surface area contributed by atoms with Crippen LogP contribution in [0.2, 0.25) is 0 Å². The van der Waals surface area contributed by atoms with Crippen LogP contribution in [-0.4, -0.2) is 110 Å². The van der Waals surface area contributed by atoms with Gasteiger partial charge in [-0.25, -0.2) is 0 Å². The second kappa shape index (κ2) is 20.9. The molecule has 0 aromatic rings. The van der Waals surface area contributed by atoms with Crippen LogP contribution in [0.15, 0.2) is 0 Å². The minimum absolute atomic E-state index is 0.0282. The summed E-state index contributed by atoms with van der Waals surface area (Å²) in [4.78, 5) is 63.3. The summed E-state index contributed by atoms with van der Waals surface area (Å²) in [7, 11) is 0. The smallest absolute Gasteiger partial charge is 0.308 e. The van der Waals surface area contributed by atoms with E-state index in [-0.39, 0.29) is 19.6 Å². The quantitative estimate of drug-likeness (QED) is 0.123. The second-order valence-electron chi connectivity index (χ2n) is 13.6. The number of hydrogen-bond donors (Lipinski definition) is 1. The van der Waals surface area contributed by atoms with Gasteiger partial charge < -0.3 is 47.7 Å². The van der Waals surface area contributed by atoms with Crippen LogP contribution in [0.25, 0.3) is 0 Å². The highest BCUT2D eigenvalue weighted by Crippen LogP contribution is 2.35. The Morgan fingerprint density at radius 2 is 1.26 bits per heavy atom. The average Bonchev–Trinajstić information content (AvgIpc) is 3.04. The molecule has 0 amide bonds. The fourth-order valence-electron chi connectivity index (χ4n) is 5.05. The molecule has 1 N–H and O–H groups in total. The summed E-state index contributed by atoms with van der Waals surface area (Å²) in [5.74, 6) is -4.75. The molecule has 0 radical (unpaired) electrons. The first-order chi connectivity index (χ1) is 23.5. The van der Waals surface area contributed by atoms with Crippen LogP contribution in [0.4, 0.5) is 0 Å². The van der Waals surface area contributed by atoms with E-state index in [0.717, 1.165) is 13.3 Å². The zero-order valence-electron chi connectivity index (χ0n) is 31.1. The van der Waals surface area contributed by atoms with Crippen molar-refractivity contribution in [3.8, 4) is 0 Å². The van der Waals surface area contributed by atoms with Gasteiger partial charge in [0.25, 0.3) is 0 Å². The molecule has 2 aliphatic heterocycles. The molecule has 2 heterocycles. The largest absolute Gasteiger partial charge is 0.463 e. The minimum Gasteiger partial charge on any atom is -0.463 e. The summed E-state index contributed by atoms with van der Waals surface area (Å²) in [5.41, 5.74) is 0. The van der Waals surface area contributed by atoms with E-state index in [4.69, 9.17) is 42.6 Å². The highest BCUT2D eigenvalue weighted by atomic mass is 16.8. The van der Waals surface area contributed by atoms with Gasteiger partial charge in [-0.05, 0) is 19.8 Å². The third-order valence-corrected chi connectivity index (χ3v) is 8.03. The van der Waals surface area contributed by atoms with Crippen molar-refractivity contribution >= 4 is 29.8 Å². The van der Waals surface area contributed by atoms with Gasteiger partial charge in [-0.15, -0.1) is 0 Å². The number of aliphatic hydroxyl groups is 1. The van der Waals surface area contributed by atoms with E-state index in [2.05, 4.69) is 0 Å². The van der Waals surface area contributed by atoms with Crippen LogP contribution in [0.5, 0.6) is 0 Å². The Morgan fingerprint density at radius 1 is 0.680 bits per heavy atom. The van der Waals surface area contributed by atoms with Gasteiger partial charge in [-0.2, -0.15) is 0 Å². The van der Waals surface area contributed by atoms with Crippen LogP contribution in [0.3, 0.4) is 0 Å². The van der Waals surface area contributed by atoms with Crippen molar-refractivity contribution in [1.82, 2.24) is 0 Å². The van der Waals surface area contributed by atoms with Gasteiger partial charge in [0.15, 0.2) is 37.0 Å². The molecule has 0 aliphatic carbocycles. The summed E-state index contributed by atoms with van der Waals surface area (Å²) in [6.45, 7) is 16.2. The molecule has 0 aromatic heterocycles. The van der Waals surface area contributed by atoms with Crippen LogP contribution < -0.4 is 0 Å². The summed E-state index contributed by atoms with van der Waals surface area (Å²) < 4.78 is 52.9. The Balaban J connectivity index is 2.58. The standard InChI is InChI=1S/C35H58O15/c1-11-13-15-24(37)47-30-29(45-22(10)36)26(48-32(40)19(5)6)21(9)44-35(30)50-28-25(38)27(49-33(41)20(7)8)23(17-43-31(39)18(3)4)46-34(28)42-16-14-12-2/h18-21,23,25-30,34-35,38H,11-17H2,1-10H3/t21-,23+,25+,26+,27+,28-,29-,30-,34+,35-/m1/s1. The van der Waals surface area contributed by atoms with E-state index in [0.29, 0.717) is 19.3 Å². The van der Waals surface area contributed by atoms with Crippen molar-refractivity contribution in [2.75, 3.05) is 13.2 Å². The molecule has 288 valence electrons. The zero-order valence-corrected chi connectivity index (χ0v) is 31.1. The van der Waals surface area contributed by atoms with E-state index in [1.807, 2.05) is 13.8 Å². The zero-order chi connectivity index (χ0) is 37.7. The number of ether oxygens (including phenoxy) is 9. The Labute approximate surface area is 295 Å². The molecule has 0 unspecified atom stereocenters. The molecule has 50 heavy (non-hydrogen) atoms. The maximum absolute atomic E-state index is 13.0. The Morgan fingerprint density at radius 3 is 1.80 bits per heavy atom. The molecule has 2 rings (SSSR count). The van der Waals surface area contributed by atoms with Crippen LogP contribution in [0, 0.1) is 17.8 Å². The SMILES string of the molecule is CCCCO[C@H]1O[C@@H](COC(=O)C(C)C)[C@H](OC(=O)C(C)C)[C@H](O)[C@H]1O[C@H]1O[C@H](C)[C@H](OC(=O)C(C)C)[C@@H](OC(C)=O)[C@H]1OC(=O)CCCC. The van der Waals surface area contributed by atoms with Gasteiger partial charge in [-0.1, -0.05) is 68.2 Å². The fourth-order valence-corrected chi connectivity index (χ4v) is 5.05. The van der Waals surface area contributed by atoms with Crippen molar-refractivity contribution in [3.63, 3.8) is 0 Å². The predicted molar refractivity (Wildman–Crippen MR) is 175 cm³/mol. The lowest BCUT2D eigenvalue weighted by Crippen LogP contribution is -2.66. The minimum atomic E-state index is -1.64. The lowest BCUT2D eigenvalue weighted by atomic mass is 9.96. The van der Waals surface area contributed by atoms with E-state index < -0.39 is 109 Å². The lowest BCUT2D eigenvalue weighted by molar-refractivity contribution is -0.366. The molecule has 0 saturated carbocycles. The molecular formula is C35H58O15. The third-order valence-electron chi connectivity index (χ3n) is 8.03. The summed E-state index contributed by atoms with van der Waals surface area (Å²) in [5, 5.41) is 11.8. The Hall–Kier alpha value is -2.85. The van der Waals surface area contributed by atoms with Crippen molar-refractivity contribution < 1.29 is 71.7 Å². The number of hydrogen-bond acceptors (Lipinski definition) is 15. The second-order valence-corrected chi connectivity index (χ2v) is 13.6. The first-order valence-corrected chi connectivity index (χ1v) is 17.7. The fraction of sp³-hybridized carbons (Fsp3) is 0.857. The number of unbranched alkanes of at least 4 members (excludes halogenated alkanes) is 2. The summed E-state index contributed by atoms with van der Waals surface area (Å²) >= 11 is 0. The van der Waals surface area contributed by atoms with Gasteiger partial charge in [0, 0.05) is 20.0 Å². The molecule has 2 aliphatic rings. The molecular weight excluding hydrogens is 660 g/mol. The van der Waals surface area contributed by atoms with Crippen LogP contribution in [-0.2, 0) is 66.6 Å². The normalized spacial score (nSPS) is 29.8. The van der Waals surface area contributed by atoms with Crippen LogP contribution in [0.1, 0.15) is 101 Å². The van der Waals surface area contributed by atoms with Crippen molar-refractivity contribution in [1.29, 1.82) is 0 Å². The number of carbonyl (C=O) groups is 5. The number of esters is 5. The summed E-state index contributed by atoms with van der Waals surface area (Å²) in [6, 6.07) is 0. The first kappa shape index (κ1) is 43.3. The van der Waals surface area contributed by atoms with E-state index >= 15 is 0 Å². The highest BCUT2D eigenvalue weighted by molar-refractivity contribution is 5.73. The maximum Gasteiger partial charge on any atom is 0.308 e. The van der Waals surface area contributed by atoms with Crippen molar-refractivity contribution in [3.05, 3.63) is 0 Å². The van der Waals surface area contributed by atoms with Gasteiger partial charge >= 0.3 is 29.8 Å². The van der Waals surface area contributed by atoms with Crippen molar-refractivity contribution in [2.45, 2.75) is 163 Å². The number of carbonyl (C=O) groups excluding carboxylic acids is 5. The Kier molecular flexibility index (Phi) is 18.1. The molecule has 0 aromatic carbocycles. The topological polar surface area (TPSA) is 189 Å². The maximum atomic E-state index is 13.0. The summed E-state index contributed by atoms with van der Waals surface area (Å²) in [6.07, 6.45) is -10.8. The first-order valence-electron chi connectivity index (χ1n) is 17.7. The van der Waals surface area contributed by atoms with E-state index in [9.17, 15) is 29.1 Å². The molecule has 15 nitrogen and oxygen atoms in total. The van der Waals surface area contributed by atoms with Gasteiger partial charge in [0.2, 0.25) is 0 Å². The van der Waals surface area contributed by atoms with Crippen molar-refractivity contribution in [2.24, 2.45) is 17.8 Å². The van der Waals surface area contributed by atoms with E-state index in [1.54, 1.807) is 48.5 Å². The lowest BCUT2D eigenvalue weighted by Gasteiger charge is -2.48. The molecule has 15 heteroatoms. The molecule has 0 spiro atoms. The van der Waals surface area contributed by atoms with Gasteiger partial charge in [0.05, 0.1) is 23.9 Å². The number of aliphatic hydroxyl groups excluding tert-OH is 1. The highest BCUT2D eigenvalue weighted by Gasteiger charge is 2.56. The third kappa shape index (κ3) is 12.7.